The van der Waals surface area contributed by atoms with E-state index in [2.05, 4.69) is 35.7 Å². The molecular weight excluding hydrogens is 494 g/mol. The fourth-order valence-electron chi connectivity index (χ4n) is 4.50. The Morgan fingerprint density at radius 1 is 1.31 bits per heavy atom. The van der Waals surface area contributed by atoms with Gasteiger partial charge in [-0.15, -0.1) is 0 Å². The van der Waals surface area contributed by atoms with E-state index in [1.165, 1.54) is 6.39 Å². The van der Waals surface area contributed by atoms with Crippen LogP contribution in [0.15, 0.2) is 35.2 Å². The van der Waals surface area contributed by atoms with Crippen LogP contribution in [0.2, 0.25) is 30.8 Å². The van der Waals surface area contributed by atoms with E-state index in [0.717, 1.165) is 46.6 Å². The van der Waals surface area contributed by atoms with Crippen LogP contribution in [0.25, 0.3) is 22.4 Å². The lowest BCUT2D eigenvalue weighted by molar-refractivity contribution is 0.0818. The number of hydrogen-bond donors (Lipinski definition) is 0. The second-order valence-corrected chi connectivity index (χ2v) is 16.2. The first kappa shape index (κ1) is 24.5. The summed E-state index contributed by atoms with van der Waals surface area (Å²) < 4.78 is 19.8. The van der Waals surface area contributed by atoms with Crippen LogP contribution in [0.3, 0.4) is 0 Å². The molecule has 1 aliphatic rings. The van der Waals surface area contributed by atoms with Crippen molar-refractivity contribution in [2.75, 3.05) is 6.61 Å². The molecular formula is C26H28ClN5O3Si. The lowest BCUT2D eigenvalue weighted by Gasteiger charge is -2.16. The Labute approximate surface area is 215 Å². The van der Waals surface area contributed by atoms with E-state index < -0.39 is 8.07 Å². The van der Waals surface area contributed by atoms with Crippen LogP contribution in [0.5, 0.6) is 5.75 Å². The van der Waals surface area contributed by atoms with Crippen molar-refractivity contribution in [1.82, 2.24) is 19.7 Å². The molecule has 5 rings (SSSR count). The number of aromatic nitrogens is 4. The van der Waals surface area contributed by atoms with Crippen molar-refractivity contribution in [2.45, 2.75) is 58.3 Å². The molecule has 36 heavy (non-hydrogen) atoms. The number of oxazole rings is 1. The number of halogens is 1. The molecule has 4 aromatic rings. The molecule has 0 spiro atoms. The van der Waals surface area contributed by atoms with Gasteiger partial charge in [0.05, 0.1) is 23.0 Å². The normalized spacial score (nSPS) is 15.3. The summed E-state index contributed by atoms with van der Waals surface area (Å²) >= 11 is 6.29. The highest BCUT2D eigenvalue weighted by Gasteiger charge is 2.30. The smallest absolute Gasteiger partial charge is 0.181 e. The van der Waals surface area contributed by atoms with Gasteiger partial charge in [-0.05, 0) is 55.1 Å². The minimum Gasteiger partial charge on any atom is -0.484 e. The van der Waals surface area contributed by atoms with Gasteiger partial charge in [-0.3, -0.25) is 0 Å². The third kappa shape index (κ3) is 4.76. The van der Waals surface area contributed by atoms with E-state index in [9.17, 15) is 5.26 Å². The number of nitrogens with zero attached hydrogens (tertiary/aromatic N) is 5. The summed E-state index contributed by atoms with van der Waals surface area (Å²) in [5, 5.41) is 15.3. The molecule has 8 nitrogen and oxygen atoms in total. The molecule has 0 radical (unpaired) electrons. The summed E-state index contributed by atoms with van der Waals surface area (Å²) in [6.07, 6.45) is 4.37. The third-order valence-corrected chi connectivity index (χ3v) is 8.49. The molecule has 3 aromatic heterocycles. The SMILES string of the molecule is Cc1c(C#N)c(Cl)nc2c1CCC2Oc1ccc2c(c1)c(-c1cnco1)nn2COCC[Si](C)(C)C. The fraction of sp³-hybridized carbons (Fsp3) is 0.385. The molecule has 1 aromatic carbocycles. The quantitative estimate of drug-likeness (QED) is 0.152. The van der Waals surface area contributed by atoms with Crippen molar-refractivity contribution in [3.63, 3.8) is 0 Å². The second-order valence-electron chi connectivity index (χ2n) is 10.3. The molecule has 0 fully saturated rings. The first-order valence-electron chi connectivity index (χ1n) is 12.0. The molecule has 0 N–H and O–H groups in total. The standard InChI is InChI=1S/C26H28ClN5O3Si/c1-16-18-6-8-22(24(18)30-26(27)20(16)12-28)35-17-5-7-21-19(11-17)25(23-13-29-14-34-23)31-32(21)15-33-9-10-36(2,3)4/h5,7,11,13-14,22H,6,8-10,15H2,1-4H3. The largest absolute Gasteiger partial charge is 0.484 e. The van der Waals surface area contributed by atoms with Gasteiger partial charge in [-0.25, -0.2) is 14.6 Å². The minimum absolute atomic E-state index is 0.225. The lowest BCUT2D eigenvalue weighted by atomic mass is 10.0. The number of pyridine rings is 1. The molecule has 186 valence electrons. The molecule has 3 heterocycles. The van der Waals surface area contributed by atoms with E-state index in [0.29, 0.717) is 36.1 Å². The van der Waals surface area contributed by atoms with Gasteiger partial charge >= 0.3 is 0 Å². The van der Waals surface area contributed by atoms with Crippen LogP contribution < -0.4 is 4.74 Å². The predicted molar refractivity (Wildman–Crippen MR) is 140 cm³/mol. The van der Waals surface area contributed by atoms with Gasteiger partial charge in [0.25, 0.3) is 0 Å². The highest BCUT2D eigenvalue weighted by molar-refractivity contribution is 6.76. The third-order valence-electron chi connectivity index (χ3n) is 6.51. The average molecular weight is 522 g/mol. The van der Waals surface area contributed by atoms with Crippen molar-refractivity contribution >= 4 is 30.6 Å². The van der Waals surface area contributed by atoms with Gasteiger partial charge in [0, 0.05) is 20.1 Å². The van der Waals surface area contributed by atoms with E-state index in [1.807, 2.05) is 29.8 Å². The summed E-state index contributed by atoms with van der Waals surface area (Å²) in [4.78, 5) is 8.57. The first-order chi connectivity index (χ1) is 17.2. The summed E-state index contributed by atoms with van der Waals surface area (Å²) in [7, 11) is -1.17. The predicted octanol–water partition coefficient (Wildman–Crippen LogP) is 6.30. The van der Waals surface area contributed by atoms with Crippen LogP contribution in [0.1, 0.15) is 34.9 Å². The van der Waals surface area contributed by atoms with Crippen molar-refractivity contribution in [3.05, 3.63) is 58.3 Å². The van der Waals surface area contributed by atoms with E-state index in [4.69, 9.17) is 30.6 Å². The maximum Gasteiger partial charge on any atom is 0.181 e. The maximum atomic E-state index is 9.41. The molecule has 0 saturated heterocycles. The van der Waals surface area contributed by atoms with Crippen molar-refractivity contribution in [1.29, 1.82) is 5.26 Å². The fourth-order valence-corrected chi connectivity index (χ4v) is 5.54. The monoisotopic (exact) mass is 521 g/mol. The topological polar surface area (TPSA) is 99.0 Å². The van der Waals surface area contributed by atoms with Gasteiger partial charge in [-0.2, -0.15) is 10.4 Å². The Morgan fingerprint density at radius 2 is 2.14 bits per heavy atom. The van der Waals surface area contributed by atoms with Gasteiger partial charge in [0.1, 0.15) is 35.5 Å². The first-order valence-corrected chi connectivity index (χ1v) is 16.1. The Balaban J connectivity index is 1.44. The molecule has 0 bridgehead atoms. The number of nitriles is 1. The van der Waals surface area contributed by atoms with Crippen LogP contribution >= 0.6 is 11.6 Å². The van der Waals surface area contributed by atoms with Gasteiger partial charge in [0.2, 0.25) is 0 Å². The highest BCUT2D eigenvalue weighted by atomic mass is 35.5. The summed E-state index contributed by atoms with van der Waals surface area (Å²) in [5.74, 6) is 1.28. The lowest BCUT2D eigenvalue weighted by Crippen LogP contribution is -2.22. The minimum atomic E-state index is -1.17. The zero-order valence-corrected chi connectivity index (χ0v) is 22.6. The van der Waals surface area contributed by atoms with Crippen molar-refractivity contribution in [2.24, 2.45) is 0 Å². The Bertz CT molecular complexity index is 1450. The number of fused-ring (bicyclic) bond motifs is 2. The number of rotatable bonds is 8. The van der Waals surface area contributed by atoms with Crippen molar-refractivity contribution in [3.8, 4) is 23.3 Å². The van der Waals surface area contributed by atoms with Gasteiger partial charge in [0.15, 0.2) is 12.2 Å². The number of benzene rings is 1. The summed E-state index contributed by atoms with van der Waals surface area (Å²) in [6, 6.07) is 9.14. The van der Waals surface area contributed by atoms with Crippen LogP contribution in [0.4, 0.5) is 0 Å². The Hall–Kier alpha value is -3.19. The van der Waals surface area contributed by atoms with Crippen LogP contribution in [-0.4, -0.2) is 34.4 Å². The van der Waals surface area contributed by atoms with E-state index >= 15 is 0 Å². The zero-order chi connectivity index (χ0) is 25.4. The van der Waals surface area contributed by atoms with Gasteiger partial charge < -0.3 is 13.9 Å². The highest BCUT2D eigenvalue weighted by Crippen LogP contribution is 2.39. The Morgan fingerprint density at radius 3 is 2.86 bits per heavy atom. The molecule has 0 amide bonds. The number of ether oxygens (including phenoxy) is 2. The zero-order valence-electron chi connectivity index (χ0n) is 20.8. The van der Waals surface area contributed by atoms with E-state index in [1.54, 1.807) is 6.20 Å². The van der Waals surface area contributed by atoms with Crippen molar-refractivity contribution < 1.29 is 13.9 Å². The molecule has 0 saturated carbocycles. The Kier molecular flexibility index (Phi) is 6.60. The van der Waals surface area contributed by atoms with Crippen LogP contribution in [-0.2, 0) is 17.9 Å². The molecule has 1 atom stereocenters. The summed E-state index contributed by atoms with van der Waals surface area (Å²) in [5.41, 5.74) is 4.78. The van der Waals surface area contributed by atoms with E-state index in [-0.39, 0.29) is 11.3 Å². The second kappa shape index (κ2) is 9.69. The van der Waals surface area contributed by atoms with Gasteiger partial charge in [-0.1, -0.05) is 31.2 Å². The van der Waals surface area contributed by atoms with Crippen LogP contribution in [0, 0.1) is 18.3 Å². The molecule has 0 aliphatic heterocycles. The molecule has 1 aliphatic carbocycles. The summed E-state index contributed by atoms with van der Waals surface area (Å²) in [6.45, 7) is 9.98. The number of hydrogen-bond acceptors (Lipinski definition) is 7. The average Bonchev–Trinajstić information content (AvgIpc) is 3.56. The molecule has 10 heteroatoms. The maximum absolute atomic E-state index is 9.41. The molecule has 1 unspecified atom stereocenters.